The van der Waals surface area contributed by atoms with Gasteiger partial charge in [0.05, 0.1) is 5.52 Å². The van der Waals surface area contributed by atoms with Crippen molar-refractivity contribution in [3.63, 3.8) is 0 Å². The van der Waals surface area contributed by atoms with Crippen molar-refractivity contribution in [2.75, 3.05) is 0 Å². The second-order valence-electron chi connectivity index (χ2n) is 6.31. The molecule has 1 aliphatic rings. The average molecular weight is 252 g/mol. The van der Waals surface area contributed by atoms with Gasteiger partial charge in [-0.1, -0.05) is 38.1 Å². The number of allylic oxidation sites excluding steroid dienone is 1. The minimum absolute atomic E-state index is 0.165. The fourth-order valence-corrected chi connectivity index (χ4v) is 3.07. The van der Waals surface area contributed by atoms with Crippen LogP contribution in [-0.4, -0.2) is 11.0 Å². The minimum atomic E-state index is 0.165. The molecule has 1 aromatic heterocycles. The maximum Gasteiger partial charge on any atom is 0.0708 e. The van der Waals surface area contributed by atoms with Gasteiger partial charge in [-0.05, 0) is 41.5 Å². The summed E-state index contributed by atoms with van der Waals surface area (Å²) in [6.45, 7) is 4.58. The van der Waals surface area contributed by atoms with Crippen LogP contribution in [0.4, 0.5) is 0 Å². The Morgan fingerprint density at radius 1 is 1.26 bits per heavy atom. The Balaban J connectivity index is 2.04. The lowest BCUT2D eigenvalue weighted by Crippen LogP contribution is -2.30. The molecule has 98 valence electrons. The van der Waals surface area contributed by atoms with Crippen LogP contribution in [0.1, 0.15) is 32.3 Å². The highest BCUT2D eigenvalue weighted by atomic mass is 14.6. The van der Waals surface area contributed by atoms with E-state index in [-0.39, 0.29) is 11.5 Å². The molecule has 2 heteroatoms. The van der Waals surface area contributed by atoms with Crippen molar-refractivity contribution in [3.05, 3.63) is 48.2 Å². The van der Waals surface area contributed by atoms with Crippen LogP contribution in [-0.2, 0) is 0 Å². The van der Waals surface area contributed by atoms with E-state index >= 15 is 0 Å². The molecule has 0 saturated heterocycles. The van der Waals surface area contributed by atoms with Gasteiger partial charge in [0.25, 0.3) is 0 Å². The molecule has 0 amide bonds. The fraction of sp³-hybridized carbons (Fsp3) is 0.353. The van der Waals surface area contributed by atoms with Crippen molar-refractivity contribution in [2.45, 2.75) is 32.7 Å². The first-order valence-electron chi connectivity index (χ1n) is 6.85. The minimum Gasteiger partial charge on any atom is -0.324 e. The third-order valence-electron chi connectivity index (χ3n) is 3.85. The zero-order valence-electron chi connectivity index (χ0n) is 11.6. The van der Waals surface area contributed by atoms with E-state index < -0.39 is 0 Å². The van der Waals surface area contributed by atoms with E-state index in [1.165, 1.54) is 16.5 Å². The number of hydrogen-bond donors (Lipinski definition) is 1. The van der Waals surface area contributed by atoms with Crippen LogP contribution >= 0.6 is 0 Å². The van der Waals surface area contributed by atoms with E-state index in [9.17, 15) is 0 Å². The van der Waals surface area contributed by atoms with Crippen molar-refractivity contribution in [1.82, 2.24) is 4.98 Å². The molecule has 0 bridgehead atoms. The van der Waals surface area contributed by atoms with Crippen molar-refractivity contribution in [1.29, 1.82) is 0 Å². The quantitative estimate of drug-likeness (QED) is 0.839. The average Bonchev–Trinajstić information content (AvgIpc) is 2.36. The summed E-state index contributed by atoms with van der Waals surface area (Å²) in [4.78, 5) is 4.43. The zero-order valence-corrected chi connectivity index (χ0v) is 11.6. The first-order chi connectivity index (χ1) is 9.03. The van der Waals surface area contributed by atoms with E-state index in [0.29, 0.717) is 0 Å². The molecule has 1 aromatic carbocycles. The molecule has 1 aliphatic carbocycles. The third-order valence-corrected chi connectivity index (χ3v) is 3.85. The summed E-state index contributed by atoms with van der Waals surface area (Å²) < 4.78 is 0. The summed E-state index contributed by atoms with van der Waals surface area (Å²) in [6, 6.07) is 10.7. The summed E-state index contributed by atoms with van der Waals surface area (Å²) in [5, 5.41) is 1.19. The second kappa shape index (κ2) is 4.46. The van der Waals surface area contributed by atoms with Gasteiger partial charge in [0.15, 0.2) is 0 Å². The SMILES string of the molecule is CC1(C)CC(c2ccc3cccnc3c2)=CC(N)C1. The molecule has 2 nitrogen and oxygen atoms in total. The Bertz CT molecular complexity index is 641. The zero-order chi connectivity index (χ0) is 13.5. The van der Waals surface area contributed by atoms with Crippen LogP contribution in [0, 0.1) is 5.41 Å². The third kappa shape index (κ3) is 2.54. The van der Waals surface area contributed by atoms with Crippen molar-refractivity contribution < 1.29 is 0 Å². The number of benzene rings is 1. The molecule has 0 spiro atoms. The molecule has 2 N–H and O–H groups in total. The molecule has 0 fully saturated rings. The predicted molar refractivity (Wildman–Crippen MR) is 80.7 cm³/mol. The highest BCUT2D eigenvalue weighted by molar-refractivity contribution is 5.83. The second-order valence-corrected chi connectivity index (χ2v) is 6.31. The molecule has 0 radical (unpaired) electrons. The lowest BCUT2D eigenvalue weighted by molar-refractivity contribution is 0.319. The van der Waals surface area contributed by atoms with E-state index in [1.807, 2.05) is 12.3 Å². The lowest BCUT2D eigenvalue weighted by atomic mass is 9.74. The van der Waals surface area contributed by atoms with Crippen LogP contribution in [0.15, 0.2) is 42.6 Å². The van der Waals surface area contributed by atoms with E-state index in [2.05, 4.69) is 49.2 Å². The molecule has 1 unspecified atom stereocenters. The lowest BCUT2D eigenvalue weighted by Gasteiger charge is -2.33. The highest BCUT2D eigenvalue weighted by Gasteiger charge is 2.27. The first-order valence-corrected chi connectivity index (χ1v) is 6.85. The Morgan fingerprint density at radius 2 is 2.11 bits per heavy atom. The standard InChI is InChI=1S/C17H20N2/c1-17(2)10-14(8-15(18)11-17)13-6-5-12-4-3-7-19-16(12)9-13/h3-9,15H,10-11,18H2,1-2H3. The Labute approximate surface area is 114 Å². The number of nitrogens with zero attached hydrogens (tertiary/aromatic N) is 1. The molecule has 1 heterocycles. The number of hydrogen-bond acceptors (Lipinski definition) is 2. The van der Waals surface area contributed by atoms with Crippen LogP contribution < -0.4 is 5.73 Å². The Kier molecular flexibility index (Phi) is 2.90. The van der Waals surface area contributed by atoms with Crippen molar-refractivity contribution in [2.24, 2.45) is 11.1 Å². The summed E-state index contributed by atoms with van der Waals surface area (Å²) >= 11 is 0. The van der Waals surface area contributed by atoms with E-state index in [0.717, 1.165) is 18.4 Å². The maximum atomic E-state index is 6.16. The first kappa shape index (κ1) is 12.4. The van der Waals surface area contributed by atoms with Crippen LogP contribution in [0.2, 0.25) is 0 Å². The van der Waals surface area contributed by atoms with Gasteiger partial charge >= 0.3 is 0 Å². The molecule has 0 saturated carbocycles. The molecule has 0 aliphatic heterocycles. The normalized spacial score (nSPS) is 22.3. The van der Waals surface area contributed by atoms with Gasteiger partial charge in [0.2, 0.25) is 0 Å². The predicted octanol–water partition coefficient (Wildman–Crippen LogP) is 3.77. The van der Waals surface area contributed by atoms with Gasteiger partial charge < -0.3 is 5.73 Å². The summed E-state index contributed by atoms with van der Waals surface area (Å²) in [7, 11) is 0. The monoisotopic (exact) mass is 252 g/mol. The number of fused-ring (bicyclic) bond motifs is 1. The van der Waals surface area contributed by atoms with Crippen molar-refractivity contribution >= 4 is 16.5 Å². The molecule has 3 rings (SSSR count). The molecule has 1 atom stereocenters. The number of aromatic nitrogens is 1. The summed E-state index contributed by atoms with van der Waals surface area (Å²) in [5.74, 6) is 0. The summed E-state index contributed by atoms with van der Waals surface area (Å²) in [5.41, 5.74) is 10.1. The van der Waals surface area contributed by atoms with Gasteiger partial charge in [-0.15, -0.1) is 0 Å². The number of rotatable bonds is 1. The van der Waals surface area contributed by atoms with Crippen LogP contribution in [0.25, 0.3) is 16.5 Å². The summed E-state index contributed by atoms with van der Waals surface area (Å²) in [6.07, 6.45) is 6.20. The van der Waals surface area contributed by atoms with Gasteiger partial charge in [0.1, 0.15) is 0 Å². The van der Waals surface area contributed by atoms with E-state index in [4.69, 9.17) is 5.73 Å². The Morgan fingerprint density at radius 3 is 2.89 bits per heavy atom. The van der Waals surface area contributed by atoms with Crippen LogP contribution in [0.5, 0.6) is 0 Å². The maximum absolute atomic E-state index is 6.16. The molecule has 2 aromatic rings. The van der Waals surface area contributed by atoms with Gasteiger partial charge in [0, 0.05) is 17.6 Å². The van der Waals surface area contributed by atoms with Gasteiger partial charge in [-0.2, -0.15) is 0 Å². The van der Waals surface area contributed by atoms with Gasteiger partial charge in [-0.25, -0.2) is 0 Å². The fourth-order valence-electron chi connectivity index (χ4n) is 3.07. The van der Waals surface area contributed by atoms with E-state index in [1.54, 1.807) is 0 Å². The Hall–Kier alpha value is -1.67. The van der Waals surface area contributed by atoms with Crippen LogP contribution in [0.3, 0.4) is 0 Å². The van der Waals surface area contributed by atoms with Crippen molar-refractivity contribution in [3.8, 4) is 0 Å². The topological polar surface area (TPSA) is 38.9 Å². The molecular weight excluding hydrogens is 232 g/mol. The smallest absolute Gasteiger partial charge is 0.0708 e. The molecule has 19 heavy (non-hydrogen) atoms. The number of nitrogens with two attached hydrogens (primary N) is 1. The number of pyridine rings is 1. The largest absolute Gasteiger partial charge is 0.324 e. The highest BCUT2D eigenvalue weighted by Crippen LogP contribution is 2.39. The van der Waals surface area contributed by atoms with Gasteiger partial charge in [-0.3, -0.25) is 4.98 Å². The molecular formula is C17H20N2.